The zero-order valence-corrected chi connectivity index (χ0v) is 16.2. The number of amides is 1. The number of hydrogen-bond acceptors (Lipinski definition) is 6. The predicted molar refractivity (Wildman–Crippen MR) is 106 cm³/mol. The van der Waals surface area contributed by atoms with Crippen molar-refractivity contribution in [1.82, 2.24) is 4.98 Å². The van der Waals surface area contributed by atoms with Crippen LogP contribution in [-0.4, -0.2) is 38.8 Å². The Kier molecular flexibility index (Phi) is 6.00. The second-order valence-corrected chi connectivity index (χ2v) is 8.71. The van der Waals surface area contributed by atoms with E-state index < -0.39 is 9.84 Å². The highest BCUT2D eigenvalue weighted by Crippen LogP contribution is 2.23. The number of aromatic nitrogens is 1. The third-order valence-electron chi connectivity index (χ3n) is 3.85. The average Bonchev–Trinajstić information content (AvgIpc) is 3.22. The first-order valence-electron chi connectivity index (χ1n) is 8.12. The summed E-state index contributed by atoms with van der Waals surface area (Å²) in [5.41, 5.74) is 2.01. The fraction of sp³-hybridized carbons (Fsp3) is 0.158. The fourth-order valence-electron chi connectivity index (χ4n) is 2.39. The minimum Gasteiger partial charge on any atom is -0.384 e. The molecule has 0 saturated heterocycles. The van der Waals surface area contributed by atoms with Gasteiger partial charge in [-0.3, -0.25) is 4.79 Å². The summed E-state index contributed by atoms with van der Waals surface area (Å²) >= 11 is 1.55. The van der Waals surface area contributed by atoms with E-state index in [1.165, 1.54) is 31.4 Å². The van der Waals surface area contributed by atoms with Crippen molar-refractivity contribution >= 4 is 32.8 Å². The van der Waals surface area contributed by atoms with Gasteiger partial charge in [-0.2, -0.15) is 0 Å². The molecule has 1 aromatic heterocycles. The van der Waals surface area contributed by atoms with E-state index in [0.717, 1.165) is 10.6 Å². The lowest BCUT2D eigenvalue weighted by molar-refractivity contribution is 0.102. The Morgan fingerprint density at radius 3 is 2.41 bits per heavy atom. The first-order chi connectivity index (χ1) is 13.0. The second kappa shape index (κ2) is 8.43. The van der Waals surface area contributed by atoms with Gasteiger partial charge in [0, 0.05) is 35.5 Å². The number of anilines is 1. The van der Waals surface area contributed by atoms with E-state index in [0.29, 0.717) is 11.3 Å². The van der Waals surface area contributed by atoms with Gasteiger partial charge in [-0.05, 0) is 48.5 Å². The maximum atomic E-state index is 12.4. The summed E-state index contributed by atoms with van der Waals surface area (Å²) < 4.78 is 29.0. The lowest BCUT2D eigenvalue weighted by Gasteiger charge is -2.08. The van der Waals surface area contributed by atoms with Gasteiger partial charge in [-0.1, -0.05) is 0 Å². The van der Waals surface area contributed by atoms with Crippen LogP contribution in [-0.2, 0) is 14.6 Å². The van der Waals surface area contributed by atoms with Crippen LogP contribution in [0.15, 0.2) is 65.0 Å². The summed E-state index contributed by atoms with van der Waals surface area (Å²) in [5.74, 6) is -0.404. The highest BCUT2D eigenvalue weighted by molar-refractivity contribution is 7.91. The number of nitrogens with zero attached hydrogens (tertiary/aromatic N) is 1. The Labute approximate surface area is 161 Å². The number of ether oxygens (including phenoxy) is 1. The van der Waals surface area contributed by atoms with Gasteiger partial charge in [0.2, 0.25) is 0 Å². The number of nitrogens with one attached hydrogen (secondary N) is 1. The van der Waals surface area contributed by atoms with Crippen LogP contribution < -0.4 is 5.32 Å². The lowest BCUT2D eigenvalue weighted by atomic mass is 10.2. The number of thiazole rings is 1. The number of benzene rings is 2. The van der Waals surface area contributed by atoms with Crippen LogP contribution in [0.1, 0.15) is 10.4 Å². The van der Waals surface area contributed by atoms with Gasteiger partial charge >= 0.3 is 0 Å². The molecule has 0 bridgehead atoms. The molecule has 8 heteroatoms. The number of methoxy groups -OCH3 is 1. The van der Waals surface area contributed by atoms with Crippen molar-refractivity contribution in [3.8, 4) is 10.6 Å². The molecule has 0 aliphatic rings. The van der Waals surface area contributed by atoms with Crippen molar-refractivity contribution < 1.29 is 17.9 Å². The lowest BCUT2D eigenvalue weighted by Crippen LogP contribution is -2.14. The first kappa shape index (κ1) is 19.2. The summed E-state index contributed by atoms with van der Waals surface area (Å²) in [6.45, 7) is 0.127. The zero-order chi connectivity index (χ0) is 19.3. The van der Waals surface area contributed by atoms with Crippen molar-refractivity contribution in [1.29, 1.82) is 0 Å². The monoisotopic (exact) mass is 402 g/mol. The predicted octanol–water partition coefficient (Wildman–Crippen LogP) is 3.48. The molecule has 6 nitrogen and oxygen atoms in total. The third-order valence-corrected chi connectivity index (χ3v) is 6.37. The van der Waals surface area contributed by atoms with Crippen LogP contribution in [0.5, 0.6) is 0 Å². The maximum Gasteiger partial charge on any atom is 0.255 e. The molecule has 0 atom stereocenters. The molecular weight excluding hydrogens is 384 g/mol. The summed E-state index contributed by atoms with van der Waals surface area (Å²) in [6, 6.07) is 13.3. The maximum absolute atomic E-state index is 12.4. The highest BCUT2D eigenvalue weighted by Gasteiger charge is 2.15. The van der Waals surface area contributed by atoms with E-state index in [2.05, 4.69) is 10.3 Å². The molecule has 27 heavy (non-hydrogen) atoms. The summed E-state index contributed by atoms with van der Waals surface area (Å²) in [4.78, 5) is 16.8. The average molecular weight is 402 g/mol. The van der Waals surface area contributed by atoms with Crippen LogP contribution in [0.25, 0.3) is 10.6 Å². The standard InChI is InChI=1S/C19H18N2O4S2/c1-25-11-13-27(23,24)17-8-4-14(5-9-17)18(22)21-16-6-2-15(3-7-16)19-20-10-12-26-19/h2-10,12H,11,13H2,1H3,(H,21,22). The molecule has 0 aliphatic carbocycles. The first-order valence-corrected chi connectivity index (χ1v) is 10.7. The van der Waals surface area contributed by atoms with Gasteiger partial charge in [0.05, 0.1) is 17.3 Å². The molecule has 140 valence electrons. The minimum absolute atomic E-state index is 0.0967. The molecule has 0 fully saturated rings. The Balaban J connectivity index is 1.67. The smallest absolute Gasteiger partial charge is 0.255 e. The largest absolute Gasteiger partial charge is 0.384 e. The Morgan fingerprint density at radius 1 is 1.11 bits per heavy atom. The van der Waals surface area contributed by atoms with Crippen LogP contribution >= 0.6 is 11.3 Å². The number of carbonyl (C=O) groups excluding carboxylic acids is 1. The zero-order valence-electron chi connectivity index (χ0n) is 14.6. The number of hydrogen-bond donors (Lipinski definition) is 1. The molecule has 1 amide bonds. The molecule has 1 N–H and O–H groups in total. The van der Waals surface area contributed by atoms with Crippen LogP contribution in [0.3, 0.4) is 0 Å². The van der Waals surface area contributed by atoms with E-state index in [4.69, 9.17) is 4.74 Å². The summed E-state index contributed by atoms with van der Waals surface area (Å²) in [7, 11) is -1.96. The molecular formula is C19H18N2O4S2. The van der Waals surface area contributed by atoms with Crippen molar-refractivity contribution in [3.05, 3.63) is 65.7 Å². The number of carbonyl (C=O) groups is 1. The SMILES string of the molecule is COCCS(=O)(=O)c1ccc(C(=O)Nc2ccc(-c3nccs3)cc2)cc1. The Hall–Kier alpha value is -2.55. The fourth-order valence-corrected chi connectivity index (χ4v) is 4.21. The molecule has 0 aliphatic heterocycles. The van der Waals surface area contributed by atoms with E-state index in [-0.39, 0.29) is 23.2 Å². The number of sulfone groups is 1. The van der Waals surface area contributed by atoms with Crippen LogP contribution in [0.2, 0.25) is 0 Å². The van der Waals surface area contributed by atoms with Gasteiger partial charge in [0.25, 0.3) is 5.91 Å². The van der Waals surface area contributed by atoms with Crippen molar-refractivity contribution in [2.24, 2.45) is 0 Å². The van der Waals surface area contributed by atoms with Crippen molar-refractivity contribution in [2.75, 3.05) is 24.8 Å². The third kappa shape index (κ3) is 4.79. The van der Waals surface area contributed by atoms with Gasteiger partial charge < -0.3 is 10.1 Å². The van der Waals surface area contributed by atoms with Gasteiger partial charge in [-0.25, -0.2) is 13.4 Å². The van der Waals surface area contributed by atoms with E-state index >= 15 is 0 Å². The van der Waals surface area contributed by atoms with E-state index in [1.54, 1.807) is 29.7 Å². The molecule has 0 spiro atoms. The molecule has 2 aromatic carbocycles. The highest BCUT2D eigenvalue weighted by atomic mass is 32.2. The van der Waals surface area contributed by atoms with Crippen LogP contribution in [0.4, 0.5) is 5.69 Å². The molecule has 0 unspecified atom stereocenters. The quantitative estimate of drug-likeness (QED) is 0.654. The molecule has 1 heterocycles. The topological polar surface area (TPSA) is 85.4 Å². The van der Waals surface area contributed by atoms with Gasteiger partial charge in [0.15, 0.2) is 9.84 Å². The molecule has 3 rings (SSSR count). The normalized spacial score (nSPS) is 11.3. The molecule has 0 radical (unpaired) electrons. The second-order valence-electron chi connectivity index (χ2n) is 5.70. The van der Waals surface area contributed by atoms with Crippen molar-refractivity contribution in [3.63, 3.8) is 0 Å². The minimum atomic E-state index is -3.41. The van der Waals surface area contributed by atoms with Crippen molar-refractivity contribution in [2.45, 2.75) is 4.90 Å². The summed E-state index contributed by atoms with van der Waals surface area (Å²) in [6.07, 6.45) is 1.74. The van der Waals surface area contributed by atoms with Crippen LogP contribution in [0, 0.1) is 0 Å². The Morgan fingerprint density at radius 2 is 1.81 bits per heavy atom. The Bertz CT molecular complexity index is 997. The number of rotatable bonds is 7. The molecule has 3 aromatic rings. The van der Waals surface area contributed by atoms with E-state index in [9.17, 15) is 13.2 Å². The molecule has 0 saturated carbocycles. The summed E-state index contributed by atoms with van der Waals surface area (Å²) in [5, 5.41) is 5.62. The van der Waals surface area contributed by atoms with E-state index in [1.807, 2.05) is 17.5 Å². The van der Waals surface area contributed by atoms with Gasteiger partial charge in [0.1, 0.15) is 5.01 Å². The van der Waals surface area contributed by atoms with Gasteiger partial charge in [-0.15, -0.1) is 11.3 Å².